The van der Waals surface area contributed by atoms with Crippen molar-refractivity contribution >= 4 is 81.1 Å². The summed E-state index contributed by atoms with van der Waals surface area (Å²) >= 11 is 0.869. The molecular weight excluding hydrogens is 971 g/mol. The van der Waals surface area contributed by atoms with E-state index in [0.717, 1.165) is 29.0 Å². The van der Waals surface area contributed by atoms with Crippen LogP contribution in [0.5, 0.6) is 0 Å². The fourth-order valence-corrected chi connectivity index (χ4v) is 9.31. The molecule has 0 aliphatic carbocycles. The van der Waals surface area contributed by atoms with Crippen molar-refractivity contribution in [1.82, 2.24) is 30.2 Å². The zero-order valence-corrected chi connectivity index (χ0v) is 39.5. The fourth-order valence-electron chi connectivity index (χ4n) is 5.69. The smallest absolute Gasteiger partial charge is 0.462 e. The SMILES string of the molecule is C[C@H](CC(=O)O[C@H](C)CC(=O)SCCNC(=O)CCNC(=O)[C@H](O)C(C)(C)COP(=O)(O)OP(=O)(O)OC[C@H]1O[C@@H](n2cnc3c(N)ncnc32)[C@H](O)[C@@H]1OP(=O)(O)O)OC(=O)C[C@@H](C)O. The summed E-state index contributed by atoms with van der Waals surface area (Å²) in [4.78, 5) is 112. The summed E-state index contributed by atoms with van der Waals surface area (Å²) in [6, 6.07) is 0. The van der Waals surface area contributed by atoms with E-state index in [1.165, 1.54) is 34.6 Å². The van der Waals surface area contributed by atoms with Crippen LogP contribution in [0, 0.1) is 5.41 Å². The summed E-state index contributed by atoms with van der Waals surface area (Å²) < 4.78 is 72.4. The highest BCUT2D eigenvalue weighted by Gasteiger charge is 2.50. The van der Waals surface area contributed by atoms with E-state index in [1.807, 2.05) is 0 Å². The number of nitrogens with one attached hydrogen (secondary N) is 2. The third-order valence-corrected chi connectivity index (χ3v) is 12.8. The number of hydrogen-bond donors (Lipinski definition) is 10. The number of amides is 2. The van der Waals surface area contributed by atoms with Gasteiger partial charge < -0.3 is 65.5 Å². The minimum atomic E-state index is -5.61. The number of aliphatic hydroxyl groups is 3. The van der Waals surface area contributed by atoms with Crippen molar-refractivity contribution in [2.24, 2.45) is 5.41 Å². The number of nitrogen functional groups attached to an aromatic ring is 1. The van der Waals surface area contributed by atoms with Crippen molar-refractivity contribution in [2.45, 2.75) is 109 Å². The second-order valence-corrected chi connectivity index (χ2v) is 20.7. The molecule has 1 saturated heterocycles. The number of fused-ring (bicyclic) bond motifs is 1. The minimum absolute atomic E-state index is 0.0130. The molecule has 1 aliphatic heterocycles. The van der Waals surface area contributed by atoms with Crippen molar-refractivity contribution in [3.05, 3.63) is 12.7 Å². The van der Waals surface area contributed by atoms with E-state index in [-0.39, 0.29) is 66.6 Å². The van der Waals surface area contributed by atoms with Crippen LogP contribution in [-0.2, 0) is 69.8 Å². The number of anilines is 1. The molecular formula is C33H54N7O22P3S. The molecule has 10 atom stereocenters. The Morgan fingerprint density at radius 2 is 1.53 bits per heavy atom. The van der Waals surface area contributed by atoms with E-state index in [1.54, 1.807) is 0 Å². The van der Waals surface area contributed by atoms with Gasteiger partial charge in [0.1, 0.15) is 48.5 Å². The second-order valence-electron chi connectivity index (χ2n) is 15.4. The van der Waals surface area contributed by atoms with E-state index >= 15 is 0 Å². The number of aliphatic hydroxyl groups excluding tert-OH is 3. The first-order chi connectivity index (χ1) is 30.5. The van der Waals surface area contributed by atoms with Crippen molar-refractivity contribution in [2.75, 3.05) is 37.8 Å². The lowest BCUT2D eigenvalue weighted by Gasteiger charge is -2.30. The molecule has 0 radical (unpaired) electrons. The van der Waals surface area contributed by atoms with Crippen molar-refractivity contribution in [3.8, 4) is 0 Å². The number of nitrogens with zero attached hydrogens (tertiary/aromatic N) is 4. The molecule has 2 unspecified atom stereocenters. The van der Waals surface area contributed by atoms with Crippen LogP contribution in [0.3, 0.4) is 0 Å². The molecule has 0 bridgehead atoms. The Labute approximate surface area is 380 Å². The van der Waals surface area contributed by atoms with Gasteiger partial charge in [0.15, 0.2) is 22.8 Å². The number of ether oxygens (including phenoxy) is 3. The number of carbonyl (C=O) groups is 5. The van der Waals surface area contributed by atoms with E-state index < -0.39 is 115 Å². The lowest BCUT2D eigenvalue weighted by atomic mass is 9.87. The largest absolute Gasteiger partial charge is 0.481 e. The first-order valence-corrected chi connectivity index (χ1v) is 25.1. The number of carbonyl (C=O) groups excluding carboxylic acids is 5. The number of aromatic nitrogens is 4. The maximum atomic E-state index is 12.7. The minimum Gasteiger partial charge on any atom is -0.462 e. The predicted octanol–water partition coefficient (Wildman–Crippen LogP) is -0.921. The third-order valence-electron chi connectivity index (χ3n) is 8.80. The van der Waals surface area contributed by atoms with Gasteiger partial charge in [-0.2, -0.15) is 4.31 Å². The zero-order valence-electron chi connectivity index (χ0n) is 36.0. The standard InChI is InChI=1S/C33H54N7O22P3S/c1-17(41)10-22(43)58-18(2)11-23(44)59-19(3)12-24(45)66-9-8-35-21(42)6-7-36-31(48)28(47)33(4,5)14-57-65(54,55)62-64(52,53)56-13-20-27(61-63(49,50)51)26(46)32(60-20)40-16-39-25-29(34)37-15-38-30(25)40/h15-20,26-28,32,41,46-47H,6-14H2,1-5H3,(H,35,42)(H,36,48)(H,52,53)(H,54,55)(H2,34,37,38)(H2,49,50,51)/t17-,18-,19-,20-,26-,27-,28+,32-/m1/s1. The lowest BCUT2D eigenvalue weighted by molar-refractivity contribution is -0.157. The predicted molar refractivity (Wildman–Crippen MR) is 224 cm³/mol. The van der Waals surface area contributed by atoms with Crippen LogP contribution < -0.4 is 16.4 Å². The van der Waals surface area contributed by atoms with E-state index in [9.17, 15) is 72.6 Å². The van der Waals surface area contributed by atoms with Gasteiger partial charge in [0.25, 0.3) is 0 Å². The molecule has 374 valence electrons. The summed E-state index contributed by atoms with van der Waals surface area (Å²) in [6.07, 6.45) is -10.3. The lowest BCUT2D eigenvalue weighted by Crippen LogP contribution is -2.46. The van der Waals surface area contributed by atoms with Gasteiger partial charge in [-0.1, -0.05) is 25.6 Å². The molecule has 0 spiro atoms. The number of imidazole rings is 1. The molecule has 0 saturated carbocycles. The highest BCUT2D eigenvalue weighted by molar-refractivity contribution is 8.13. The van der Waals surface area contributed by atoms with Crippen LogP contribution in [0.2, 0.25) is 0 Å². The number of thioether (sulfide) groups is 1. The maximum Gasteiger partial charge on any atom is 0.481 e. The van der Waals surface area contributed by atoms with Gasteiger partial charge in [-0.15, -0.1) is 0 Å². The monoisotopic (exact) mass is 1030 g/mol. The number of phosphoric ester groups is 3. The number of hydrogen-bond acceptors (Lipinski definition) is 23. The van der Waals surface area contributed by atoms with Gasteiger partial charge in [-0.25, -0.2) is 28.6 Å². The molecule has 3 heterocycles. The summed E-state index contributed by atoms with van der Waals surface area (Å²) in [5.74, 6) is -2.84. The summed E-state index contributed by atoms with van der Waals surface area (Å²) in [6.45, 7) is 4.51. The Morgan fingerprint density at radius 1 is 0.909 bits per heavy atom. The van der Waals surface area contributed by atoms with E-state index in [0.29, 0.717) is 0 Å². The molecule has 0 aromatic carbocycles. The maximum absolute atomic E-state index is 12.7. The molecule has 66 heavy (non-hydrogen) atoms. The second kappa shape index (κ2) is 24.7. The van der Waals surface area contributed by atoms with Gasteiger partial charge in [0, 0.05) is 30.7 Å². The highest BCUT2D eigenvalue weighted by atomic mass is 32.2. The normalized spacial score (nSPS) is 21.5. The molecule has 33 heteroatoms. The Bertz CT molecular complexity index is 2160. The fraction of sp³-hybridized carbons (Fsp3) is 0.697. The molecule has 2 aromatic heterocycles. The Morgan fingerprint density at radius 3 is 2.17 bits per heavy atom. The van der Waals surface area contributed by atoms with E-state index in [4.69, 9.17) is 29.0 Å². The highest BCUT2D eigenvalue weighted by Crippen LogP contribution is 2.61. The molecule has 11 N–H and O–H groups in total. The third kappa shape index (κ3) is 18.9. The van der Waals surface area contributed by atoms with Gasteiger partial charge in [0.2, 0.25) is 11.8 Å². The van der Waals surface area contributed by atoms with Crippen LogP contribution in [-0.4, -0.2) is 158 Å². The van der Waals surface area contributed by atoms with Crippen molar-refractivity contribution in [1.29, 1.82) is 0 Å². The topological polar surface area (TPSA) is 436 Å². The number of phosphoric acid groups is 3. The van der Waals surface area contributed by atoms with Crippen molar-refractivity contribution < 1.29 is 105 Å². The number of rotatable bonds is 27. The van der Waals surface area contributed by atoms with Gasteiger partial charge in [-0.3, -0.25) is 42.1 Å². The van der Waals surface area contributed by atoms with Crippen LogP contribution in [0.25, 0.3) is 11.2 Å². The first kappa shape index (κ1) is 56.8. The Kier molecular flexibility index (Phi) is 21.2. The summed E-state index contributed by atoms with van der Waals surface area (Å²) in [5, 5.41) is 35.3. The molecule has 2 amide bonds. The summed E-state index contributed by atoms with van der Waals surface area (Å²) in [7, 11) is -16.5. The van der Waals surface area contributed by atoms with Crippen molar-refractivity contribution in [3.63, 3.8) is 0 Å². The first-order valence-electron chi connectivity index (χ1n) is 19.6. The zero-order chi connectivity index (χ0) is 49.8. The van der Waals surface area contributed by atoms with Crippen LogP contribution >= 0.6 is 35.2 Å². The number of nitrogens with two attached hydrogens (primary N) is 1. The van der Waals surface area contributed by atoms with Crippen LogP contribution in [0.4, 0.5) is 5.82 Å². The molecule has 29 nitrogen and oxygen atoms in total. The Balaban J connectivity index is 1.38. The average Bonchev–Trinajstić information content (AvgIpc) is 3.73. The molecule has 1 aliphatic rings. The summed E-state index contributed by atoms with van der Waals surface area (Å²) in [5.41, 5.74) is 4.18. The molecule has 3 rings (SSSR count). The van der Waals surface area contributed by atoms with Gasteiger partial charge >= 0.3 is 35.4 Å². The average molecular weight is 1030 g/mol. The van der Waals surface area contributed by atoms with E-state index in [2.05, 4.69) is 34.4 Å². The molecule has 2 aromatic rings. The number of esters is 2. The quantitative estimate of drug-likeness (QED) is 0.0294. The van der Waals surface area contributed by atoms with Crippen LogP contribution in [0.15, 0.2) is 12.7 Å². The van der Waals surface area contributed by atoms with Gasteiger partial charge in [0.05, 0.1) is 44.9 Å². The van der Waals surface area contributed by atoms with Gasteiger partial charge in [-0.05, 0) is 20.8 Å². The van der Waals surface area contributed by atoms with Crippen LogP contribution in [0.1, 0.15) is 66.5 Å². The molecule has 1 fully saturated rings. The Hall–Kier alpha value is -3.54.